The number of fused-ring (bicyclic) bond motifs is 3. The zero-order chi connectivity index (χ0) is 36.7. The Morgan fingerprint density at radius 1 is 0.865 bits per heavy atom. The number of pyridine rings is 1. The molecule has 0 bridgehead atoms. The van der Waals surface area contributed by atoms with Crippen LogP contribution in [0.3, 0.4) is 0 Å². The Kier molecular flexibility index (Phi) is 9.91. The number of unbranched alkanes of at least 4 members (excludes halogenated alkanes) is 1. The quantitative estimate of drug-likeness (QED) is 0.134. The van der Waals surface area contributed by atoms with Gasteiger partial charge in [-0.2, -0.15) is 5.10 Å². The van der Waals surface area contributed by atoms with Gasteiger partial charge in [0.25, 0.3) is 0 Å². The molecule has 0 N–H and O–H groups in total. The molecule has 0 spiro atoms. The first-order valence-electron chi connectivity index (χ1n) is 19.6. The Morgan fingerprint density at radius 3 is 2.40 bits per heavy atom. The third-order valence-electron chi connectivity index (χ3n) is 11.4. The summed E-state index contributed by atoms with van der Waals surface area (Å²) in [6.07, 6.45) is 11.4. The van der Waals surface area contributed by atoms with Crippen LogP contribution in [0.15, 0.2) is 90.6 Å². The van der Waals surface area contributed by atoms with E-state index < -0.39 is 0 Å². The summed E-state index contributed by atoms with van der Waals surface area (Å²) in [7, 11) is 0. The van der Waals surface area contributed by atoms with Crippen molar-refractivity contribution < 1.29 is 4.74 Å². The second-order valence-electron chi connectivity index (χ2n) is 16.2. The molecular weight excluding hydrogens is 637 g/mol. The van der Waals surface area contributed by atoms with Crippen LogP contribution < -0.4 is 4.74 Å². The lowest BCUT2D eigenvalue weighted by Crippen LogP contribution is -2.23. The minimum atomic E-state index is -0.0805. The smallest absolute Gasteiger partial charge is 0.137 e. The van der Waals surface area contributed by atoms with Gasteiger partial charge in [-0.3, -0.25) is 4.57 Å². The summed E-state index contributed by atoms with van der Waals surface area (Å²) in [5, 5.41) is 7.64. The van der Waals surface area contributed by atoms with Crippen LogP contribution in [0.25, 0.3) is 33.3 Å². The van der Waals surface area contributed by atoms with Gasteiger partial charge in [0, 0.05) is 46.3 Å². The number of hydrogen-bond donors (Lipinski definition) is 0. The van der Waals surface area contributed by atoms with Gasteiger partial charge < -0.3 is 4.74 Å². The van der Waals surface area contributed by atoms with E-state index in [0.29, 0.717) is 17.8 Å². The van der Waals surface area contributed by atoms with E-state index in [1.54, 1.807) is 5.57 Å². The molecule has 1 unspecified atom stereocenters. The van der Waals surface area contributed by atoms with Gasteiger partial charge in [0.05, 0.1) is 22.4 Å². The van der Waals surface area contributed by atoms with Crippen molar-refractivity contribution in [2.45, 2.75) is 112 Å². The van der Waals surface area contributed by atoms with Crippen LogP contribution in [0, 0.1) is 25.7 Å². The summed E-state index contributed by atoms with van der Waals surface area (Å²) in [4.78, 5) is 4.87. The summed E-state index contributed by atoms with van der Waals surface area (Å²) in [5.74, 6) is 4.22. The van der Waals surface area contributed by atoms with Gasteiger partial charge in [-0.15, -0.1) is 0 Å². The maximum atomic E-state index is 6.84. The fourth-order valence-electron chi connectivity index (χ4n) is 8.68. The fraction of sp³-hybridized carbons (Fsp3) is 0.404. The highest BCUT2D eigenvalue weighted by Gasteiger charge is 2.34. The van der Waals surface area contributed by atoms with Gasteiger partial charge in [-0.1, -0.05) is 91.2 Å². The average molecular weight is 693 g/mol. The second kappa shape index (κ2) is 14.4. The molecule has 0 aliphatic heterocycles. The highest BCUT2D eigenvalue weighted by molar-refractivity contribution is 6.09. The number of aryl methyl sites for hydroxylation is 2. The van der Waals surface area contributed by atoms with Crippen molar-refractivity contribution in [2.75, 3.05) is 0 Å². The molecule has 0 amide bonds. The van der Waals surface area contributed by atoms with Gasteiger partial charge in [0.2, 0.25) is 0 Å². The molecule has 1 aliphatic carbocycles. The second-order valence-corrected chi connectivity index (χ2v) is 16.2. The van der Waals surface area contributed by atoms with Crippen molar-refractivity contribution in [3.8, 4) is 23.0 Å². The molecule has 3 aromatic heterocycles. The van der Waals surface area contributed by atoms with Gasteiger partial charge in [-0.25, -0.2) is 9.67 Å². The van der Waals surface area contributed by atoms with Crippen LogP contribution in [0.2, 0.25) is 0 Å². The van der Waals surface area contributed by atoms with Crippen LogP contribution in [-0.4, -0.2) is 19.3 Å². The fourth-order valence-corrected chi connectivity index (χ4v) is 8.68. The van der Waals surface area contributed by atoms with Crippen molar-refractivity contribution in [3.05, 3.63) is 119 Å². The molecule has 0 saturated heterocycles. The van der Waals surface area contributed by atoms with E-state index in [9.17, 15) is 0 Å². The maximum Gasteiger partial charge on any atom is 0.137 e. The summed E-state index contributed by atoms with van der Waals surface area (Å²) < 4.78 is 11.3. The predicted molar refractivity (Wildman–Crippen MR) is 218 cm³/mol. The standard InChI is InChI=1S/C47H56N4O/c1-10-13-16-33-21-22-48-44(25-33)50-42-18-15-14-17-40(42)41-20-19-38(29-43(41)50)52-39-27-36(47(7,8)9)26-37(28-39)51-32(6)45(31(5)49-51)46-34(11-2)23-30(4)24-35(46)12-3/h14-15,17-23,25-30,35,46H,10-13,16,24H2,1-9H3/t30-,35-,46?/m0/s1. The number of hydrogen-bond acceptors (Lipinski definition) is 3. The lowest BCUT2D eigenvalue weighted by atomic mass is 9.69. The Morgan fingerprint density at radius 2 is 1.65 bits per heavy atom. The molecule has 270 valence electrons. The lowest BCUT2D eigenvalue weighted by Gasteiger charge is -2.35. The average Bonchev–Trinajstić information content (AvgIpc) is 3.62. The molecular formula is C47H56N4O. The molecule has 1 aliphatic rings. The number of para-hydroxylation sites is 1. The predicted octanol–water partition coefficient (Wildman–Crippen LogP) is 12.9. The highest BCUT2D eigenvalue weighted by Crippen LogP contribution is 2.46. The van der Waals surface area contributed by atoms with Crippen molar-refractivity contribution in [3.63, 3.8) is 0 Å². The first-order valence-corrected chi connectivity index (χ1v) is 19.6. The van der Waals surface area contributed by atoms with Crippen LogP contribution >= 0.6 is 0 Å². The molecule has 5 nitrogen and oxygen atoms in total. The zero-order valence-electron chi connectivity index (χ0n) is 32.8. The van der Waals surface area contributed by atoms with Crippen molar-refractivity contribution in [2.24, 2.45) is 11.8 Å². The third-order valence-corrected chi connectivity index (χ3v) is 11.4. The van der Waals surface area contributed by atoms with E-state index in [2.05, 4.69) is 150 Å². The van der Waals surface area contributed by atoms with Crippen molar-refractivity contribution in [1.29, 1.82) is 0 Å². The SMILES string of the molecule is CCCCc1ccnc(-n2c3ccccc3c3ccc(Oc4cc(-n5nc(C)c(C6C(CC)=C[C@H](C)C[C@@H]6CC)c5C)cc(C(C)(C)C)c4)cc32)c1. The topological polar surface area (TPSA) is 44.9 Å². The summed E-state index contributed by atoms with van der Waals surface area (Å²) in [6.45, 7) is 20.5. The van der Waals surface area contributed by atoms with Gasteiger partial charge in [-0.05, 0) is 110 Å². The first-order chi connectivity index (χ1) is 25.0. The molecule has 3 aromatic carbocycles. The Balaban J connectivity index is 1.32. The number of aromatic nitrogens is 4. The molecule has 0 saturated carbocycles. The number of nitrogens with zero attached hydrogens (tertiary/aromatic N) is 4. The first kappa shape index (κ1) is 35.7. The monoisotopic (exact) mass is 692 g/mol. The van der Waals surface area contributed by atoms with E-state index in [-0.39, 0.29) is 5.41 Å². The minimum Gasteiger partial charge on any atom is -0.457 e. The van der Waals surface area contributed by atoms with E-state index in [0.717, 1.165) is 52.6 Å². The van der Waals surface area contributed by atoms with E-state index >= 15 is 0 Å². The molecule has 52 heavy (non-hydrogen) atoms. The molecule has 3 heterocycles. The number of rotatable bonds is 10. The molecule has 6 aromatic rings. The Bertz CT molecular complexity index is 2260. The van der Waals surface area contributed by atoms with E-state index in [1.165, 1.54) is 58.8 Å². The molecule has 0 radical (unpaired) electrons. The number of benzene rings is 3. The summed E-state index contributed by atoms with van der Waals surface area (Å²) in [6, 6.07) is 26.1. The zero-order valence-corrected chi connectivity index (χ0v) is 32.8. The Labute approximate surface area is 310 Å². The van der Waals surface area contributed by atoms with Crippen LogP contribution in [-0.2, 0) is 11.8 Å². The summed E-state index contributed by atoms with van der Waals surface area (Å²) >= 11 is 0. The molecule has 3 atom stereocenters. The van der Waals surface area contributed by atoms with Crippen molar-refractivity contribution in [1.82, 2.24) is 19.3 Å². The van der Waals surface area contributed by atoms with Gasteiger partial charge >= 0.3 is 0 Å². The Hall–Kier alpha value is -4.64. The molecule has 7 rings (SSSR count). The lowest BCUT2D eigenvalue weighted by molar-refractivity contribution is 0.347. The summed E-state index contributed by atoms with van der Waals surface area (Å²) in [5.41, 5.74) is 11.0. The largest absolute Gasteiger partial charge is 0.457 e. The van der Waals surface area contributed by atoms with Crippen molar-refractivity contribution >= 4 is 21.8 Å². The third kappa shape index (κ3) is 6.71. The van der Waals surface area contributed by atoms with E-state index in [1.807, 2.05) is 6.20 Å². The normalized spacial score (nSPS) is 17.9. The van der Waals surface area contributed by atoms with Crippen LogP contribution in [0.5, 0.6) is 11.5 Å². The number of allylic oxidation sites excluding steroid dienone is 2. The number of ether oxygens (including phenoxy) is 1. The highest BCUT2D eigenvalue weighted by atomic mass is 16.5. The molecule has 0 fully saturated rings. The van der Waals surface area contributed by atoms with Gasteiger partial charge in [0.1, 0.15) is 17.3 Å². The minimum absolute atomic E-state index is 0.0805. The van der Waals surface area contributed by atoms with Crippen LogP contribution in [0.4, 0.5) is 0 Å². The van der Waals surface area contributed by atoms with E-state index in [4.69, 9.17) is 14.8 Å². The van der Waals surface area contributed by atoms with Gasteiger partial charge in [0.15, 0.2) is 0 Å². The molecule has 5 heteroatoms. The maximum absolute atomic E-state index is 6.84. The van der Waals surface area contributed by atoms with Crippen LogP contribution in [0.1, 0.15) is 115 Å².